The first-order chi connectivity index (χ1) is 10.7. The molecule has 0 spiro atoms. The Bertz CT molecular complexity index is 521. The highest BCUT2D eigenvalue weighted by atomic mass is 16.5. The minimum atomic E-state index is -0.591. The van der Waals surface area contributed by atoms with Crippen molar-refractivity contribution in [1.82, 2.24) is 9.97 Å². The van der Waals surface area contributed by atoms with Crippen molar-refractivity contribution in [2.45, 2.75) is 25.0 Å². The van der Waals surface area contributed by atoms with E-state index in [2.05, 4.69) is 15.3 Å². The average molecular weight is 307 g/mol. The first-order valence-corrected chi connectivity index (χ1v) is 7.54. The van der Waals surface area contributed by atoms with Crippen molar-refractivity contribution in [3.05, 3.63) is 12.4 Å². The first kappa shape index (κ1) is 15.0. The van der Waals surface area contributed by atoms with E-state index in [4.69, 9.17) is 15.2 Å². The Labute approximate surface area is 129 Å². The summed E-state index contributed by atoms with van der Waals surface area (Å²) >= 11 is 0. The number of morpholine rings is 1. The maximum absolute atomic E-state index is 11.3. The normalized spacial score (nSPS) is 25.7. The summed E-state index contributed by atoms with van der Waals surface area (Å²) in [5, 5.41) is 3.37. The fourth-order valence-electron chi connectivity index (χ4n) is 2.69. The molecule has 1 amide bonds. The minimum absolute atomic E-state index is 0.277. The Morgan fingerprint density at radius 1 is 1.41 bits per heavy atom. The summed E-state index contributed by atoms with van der Waals surface area (Å²) in [5.41, 5.74) is 5.31. The van der Waals surface area contributed by atoms with Crippen LogP contribution >= 0.6 is 0 Å². The van der Waals surface area contributed by atoms with E-state index < -0.39 is 12.0 Å². The summed E-state index contributed by atoms with van der Waals surface area (Å²) in [4.78, 5) is 21.8. The zero-order valence-corrected chi connectivity index (χ0v) is 12.4. The highest BCUT2D eigenvalue weighted by Crippen LogP contribution is 2.19. The molecule has 2 aliphatic heterocycles. The molecular formula is C14H21N5O3. The fourth-order valence-corrected chi connectivity index (χ4v) is 2.69. The van der Waals surface area contributed by atoms with Gasteiger partial charge in [0.15, 0.2) is 6.10 Å². The molecule has 2 aliphatic rings. The van der Waals surface area contributed by atoms with Crippen LogP contribution in [0.2, 0.25) is 0 Å². The van der Waals surface area contributed by atoms with E-state index in [0.29, 0.717) is 26.3 Å². The molecule has 1 aromatic heterocycles. The van der Waals surface area contributed by atoms with E-state index in [0.717, 1.165) is 31.1 Å². The maximum atomic E-state index is 11.3. The van der Waals surface area contributed by atoms with Gasteiger partial charge in [0.05, 0.1) is 25.8 Å². The zero-order chi connectivity index (χ0) is 15.4. The van der Waals surface area contributed by atoms with Gasteiger partial charge in [-0.2, -0.15) is 0 Å². The number of nitrogens with zero attached hydrogens (tertiary/aromatic N) is 3. The van der Waals surface area contributed by atoms with Crippen LogP contribution in [0.4, 0.5) is 11.6 Å². The summed E-state index contributed by atoms with van der Waals surface area (Å²) < 4.78 is 10.8. The molecule has 0 radical (unpaired) electrons. The molecule has 3 rings (SSSR count). The van der Waals surface area contributed by atoms with E-state index in [-0.39, 0.29) is 6.04 Å². The number of primary amides is 1. The number of carbonyl (C=O) groups excluding carboxylic acids is 1. The van der Waals surface area contributed by atoms with E-state index in [1.807, 2.05) is 11.0 Å². The standard InChI is InChI=1S/C14H21N5O3/c15-14(20)11-7-19(3-5-22-11)13-6-12(16-9-17-13)18-10-2-1-4-21-8-10/h6,9-11H,1-5,7-8H2,(H2,15,20)(H,16,17,18). The van der Waals surface area contributed by atoms with Crippen LogP contribution in [-0.4, -0.2) is 60.9 Å². The van der Waals surface area contributed by atoms with E-state index in [9.17, 15) is 4.79 Å². The quantitative estimate of drug-likeness (QED) is 0.791. The lowest BCUT2D eigenvalue weighted by atomic mass is 10.1. The Morgan fingerprint density at radius 2 is 2.32 bits per heavy atom. The van der Waals surface area contributed by atoms with Crippen LogP contribution in [0.15, 0.2) is 12.4 Å². The summed E-state index contributed by atoms with van der Waals surface area (Å²) in [6, 6.07) is 2.16. The van der Waals surface area contributed by atoms with Gasteiger partial charge < -0.3 is 25.4 Å². The number of anilines is 2. The van der Waals surface area contributed by atoms with E-state index >= 15 is 0 Å². The molecule has 2 fully saturated rings. The number of carbonyl (C=O) groups is 1. The lowest BCUT2D eigenvalue weighted by molar-refractivity contribution is -0.130. The van der Waals surface area contributed by atoms with Gasteiger partial charge in [-0.15, -0.1) is 0 Å². The van der Waals surface area contributed by atoms with Gasteiger partial charge in [-0.1, -0.05) is 0 Å². The molecule has 22 heavy (non-hydrogen) atoms. The van der Waals surface area contributed by atoms with Gasteiger partial charge in [0.25, 0.3) is 0 Å². The van der Waals surface area contributed by atoms with Crippen molar-refractivity contribution < 1.29 is 14.3 Å². The predicted molar refractivity (Wildman–Crippen MR) is 80.6 cm³/mol. The zero-order valence-electron chi connectivity index (χ0n) is 12.4. The van der Waals surface area contributed by atoms with Crippen molar-refractivity contribution in [2.24, 2.45) is 5.73 Å². The molecule has 0 aliphatic carbocycles. The summed E-state index contributed by atoms with van der Waals surface area (Å²) in [6.45, 7) is 3.07. The minimum Gasteiger partial charge on any atom is -0.379 e. The number of nitrogens with two attached hydrogens (primary N) is 1. The lowest BCUT2D eigenvalue weighted by Crippen LogP contribution is -2.48. The van der Waals surface area contributed by atoms with Gasteiger partial charge in [-0.05, 0) is 12.8 Å². The third-order valence-corrected chi connectivity index (χ3v) is 3.87. The van der Waals surface area contributed by atoms with Gasteiger partial charge in [0, 0.05) is 19.2 Å². The third kappa shape index (κ3) is 3.63. The number of amides is 1. The molecule has 1 aromatic rings. The van der Waals surface area contributed by atoms with E-state index in [1.54, 1.807) is 0 Å². The largest absolute Gasteiger partial charge is 0.379 e. The molecule has 0 aromatic carbocycles. The molecule has 8 nitrogen and oxygen atoms in total. The van der Waals surface area contributed by atoms with Crippen LogP contribution in [0.5, 0.6) is 0 Å². The predicted octanol–water partition coefficient (Wildman–Crippen LogP) is -0.242. The second-order valence-electron chi connectivity index (χ2n) is 5.53. The third-order valence-electron chi connectivity index (χ3n) is 3.87. The Hall–Kier alpha value is -1.93. The number of aromatic nitrogens is 2. The molecule has 0 saturated carbocycles. The summed E-state index contributed by atoms with van der Waals surface area (Å²) in [7, 11) is 0. The van der Waals surface area contributed by atoms with Crippen molar-refractivity contribution in [2.75, 3.05) is 43.1 Å². The van der Waals surface area contributed by atoms with Crippen molar-refractivity contribution >= 4 is 17.5 Å². The first-order valence-electron chi connectivity index (χ1n) is 7.54. The van der Waals surface area contributed by atoms with Gasteiger partial charge in [-0.3, -0.25) is 4.79 Å². The number of hydrogen-bond donors (Lipinski definition) is 2. The second kappa shape index (κ2) is 6.89. The van der Waals surface area contributed by atoms with Crippen LogP contribution in [0.3, 0.4) is 0 Å². The summed E-state index contributed by atoms with van der Waals surface area (Å²) in [5.74, 6) is 1.09. The average Bonchev–Trinajstić information content (AvgIpc) is 2.56. The van der Waals surface area contributed by atoms with E-state index in [1.165, 1.54) is 6.33 Å². The smallest absolute Gasteiger partial charge is 0.248 e. The number of hydrogen-bond acceptors (Lipinski definition) is 7. The molecule has 120 valence electrons. The molecule has 2 saturated heterocycles. The van der Waals surface area contributed by atoms with Crippen molar-refractivity contribution in [1.29, 1.82) is 0 Å². The van der Waals surface area contributed by atoms with Crippen LogP contribution in [0.1, 0.15) is 12.8 Å². The Balaban J connectivity index is 1.66. The topological polar surface area (TPSA) is 103 Å². The number of nitrogens with one attached hydrogen (secondary N) is 1. The van der Waals surface area contributed by atoms with Crippen LogP contribution in [0.25, 0.3) is 0 Å². The lowest BCUT2D eigenvalue weighted by Gasteiger charge is -2.32. The SMILES string of the molecule is NC(=O)C1CN(c2cc(NC3CCCOC3)ncn2)CCO1. The molecule has 2 unspecified atom stereocenters. The highest BCUT2D eigenvalue weighted by Gasteiger charge is 2.26. The van der Waals surface area contributed by atoms with Crippen LogP contribution in [-0.2, 0) is 14.3 Å². The monoisotopic (exact) mass is 307 g/mol. The summed E-state index contributed by atoms with van der Waals surface area (Å²) in [6.07, 6.45) is 3.06. The Kier molecular flexibility index (Phi) is 4.69. The molecular weight excluding hydrogens is 286 g/mol. The van der Waals surface area contributed by atoms with Gasteiger partial charge in [-0.25, -0.2) is 9.97 Å². The fraction of sp³-hybridized carbons (Fsp3) is 0.643. The second-order valence-corrected chi connectivity index (χ2v) is 5.53. The van der Waals surface area contributed by atoms with Crippen LogP contribution in [0, 0.1) is 0 Å². The molecule has 8 heteroatoms. The van der Waals surface area contributed by atoms with Gasteiger partial charge in [0.1, 0.15) is 18.0 Å². The number of rotatable bonds is 4. The van der Waals surface area contributed by atoms with Gasteiger partial charge >= 0.3 is 0 Å². The number of ether oxygens (including phenoxy) is 2. The molecule has 0 bridgehead atoms. The van der Waals surface area contributed by atoms with Gasteiger partial charge in [0.2, 0.25) is 5.91 Å². The highest BCUT2D eigenvalue weighted by molar-refractivity contribution is 5.79. The van der Waals surface area contributed by atoms with Crippen molar-refractivity contribution in [3.8, 4) is 0 Å². The maximum Gasteiger partial charge on any atom is 0.248 e. The molecule has 3 heterocycles. The van der Waals surface area contributed by atoms with Crippen molar-refractivity contribution in [3.63, 3.8) is 0 Å². The Morgan fingerprint density at radius 3 is 3.09 bits per heavy atom. The molecule has 2 atom stereocenters. The van der Waals surface area contributed by atoms with Crippen LogP contribution < -0.4 is 16.0 Å². The molecule has 3 N–H and O–H groups in total.